The molecule has 0 fully saturated rings. The van der Waals surface area contributed by atoms with Gasteiger partial charge in [-0.1, -0.05) is 228 Å². The number of para-hydroxylation sites is 2. The molecule has 1 N–H and O–H groups in total. The zero-order chi connectivity index (χ0) is 49.6. The standard InChI is InChI=1S/C68H56N3O.Pt/c1-67(2,3)55-35-33-48(34-36-55)52-39-53(41-54(40-52)61-42-51(37-38-69-61)47-31-29-46(30-32-47)45-19-10-7-11-20-45)56-26-18-27-62-65(56)70-66(57-25-16-17-28-64(57)72)71(62)63-44-58(49-21-12-8-13-22-49)60(68(4,5)6)43-59(63)50-23-14-9-15-24-50;/h7-40,42-44,72H,1-6H3;/q-1;. The number of pyridine rings is 1. The molecule has 2 heterocycles. The van der Waals surface area contributed by atoms with Crippen LogP contribution in [-0.2, 0) is 31.9 Å². The second-order valence-corrected chi connectivity index (χ2v) is 20.8. The van der Waals surface area contributed by atoms with Crippen LogP contribution in [-0.4, -0.2) is 19.6 Å². The summed E-state index contributed by atoms with van der Waals surface area (Å²) < 4.78 is 2.25. The number of phenols is 1. The molecule has 0 bridgehead atoms. The van der Waals surface area contributed by atoms with Crippen LogP contribution in [0.2, 0.25) is 0 Å². The Morgan fingerprint density at radius 2 is 0.959 bits per heavy atom. The summed E-state index contributed by atoms with van der Waals surface area (Å²) in [4.78, 5) is 10.6. The maximum atomic E-state index is 11.7. The summed E-state index contributed by atoms with van der Waals surface area (Å²) in [5.41, 5.74) is 20.3. The van der Waals surface area contributed by atoms with Gasteiger partial charge in [-0.3, -0.25) is 9.55 Å². The molecule has 0 aliphatic carbocycles. The molecule has 0 radical (unpaired) electrons. The molecule has 0 atom stereocenters. The van der Waals surface area contributed by atoms with Gasteiger partial charge in [-0.2, -0.15) is 0 Å². The van der Waals surface area contributed by atoms with Crippen LogP contribution in [0.1, 0.15) is 52.7 Å². The van der Waals surface area contributed by atoms with E-state index in [1.165, 1.54) is 22.3 Å². The predicted molar refractivity (Wildman–Crippen MR) is 300 cm³/mol. The van der Waals surface area contributed by atoms with Crippen molar-refractivity contribution in [3.63, 3.8) is 0 Å². The summed E-state index contributed by atoms with van der Waals surface area (Å²) >= 11 is 0. The Morgan fingerprint density at radius 3 is 1.59 bits per heavy atom. The van der Waals surface area contributed by atoms with E-state index < -0.39 is 0 Å². The van der Waals surface area contributed by atoms with Crippen LogP contribution in [0.5, 0.6) is 5.75 Å². The monoisotopic (exact) mass is 1130 g/mol. The zero-order valence-electron chi connectivity index (χ0n) is 42.0. The molecule has 0 aliphatic rings. The molecule has 11 aromatic rings. The molecular weight excluding hydrogens is 1070 g/mol. The molecule has 0 saturated heterocycles. The van der Waals surface area contributed by atoms with Gasteiger partial charge in [0.25, 0.3) is 0 Å². The van der Waals surface area contributed by atoms with Crippen LogP contribution in [0.3, 0.4) is 0 Å². The average molecular weight is 1130 g/mol. The second kappa shape index (κ2) is 19.9. The Balaban J connectivity index is 0.00000611. The summed E-state index contributed by atoms with van der Waals surface area (Å²) in [5.74, 6) is 0.790. The third-order valence-corrected chi connectivity index (χ3v) is 13.8. The van der Waals surface area contributed by atoms with Crippen LogP contribution in [0.4, 0.5) is 0 Å². The van der Waals surface area contributed by atoms with Gasteiger partial charge in [-0.05, 0) is 103 Å². The molecule has 2 aromatic heterocycles. The van der Waals surface area contributed by atoms with Gasteiger partial charge in [0.1, 0.15) is 11.6 Å². The van der Waals surface area contributed by atoms with Crippen molar-refractivity contribution in [1.82, 2.24) is 14.5 Å². The van der Waals surface area contributed by atoms with E-state index in [0.717, 1.165) is 83.6 Å². The first-order valence-electron chi connectivity index (χ1n) is 24.8. The molecular formula is C68H56N3OPt-. The Kier molecular flexibility index (Phi) is 13.3. The van der Waals surface area contributed by atoms with Crippen molar-refractivity contribution < 1.29 is 26.2 Å². The summed E-state index contributed by atoms with van der Waals surface area (Å²) in [6, 6.07) is 80.6. The number of phenolic OH excluding ortho intramolecular Hbond substituents is 1. The van der Waals surface area contributed by atoms with E-state index in [0.29, 0.717) is 11.4 Å². The molecule has 4 nitrogen and oxygen atoms in total. The summed E-state index contributed by atoms with van der Waals surface area (Å²) in [5, 5.41) is 11.7. The fourth-order valence-electron chi connectivity index (χ4n) is 9.93. The first kappa shape index (κ1) is 48.7. The maximum Gasteiger partial charge on any atom is 0.148 e. The van der Waals surface area contributed by atoms with Gasteiger partial charge < -0.3 is 5.11 Å². The first-order valence-corrected chi connectivity index (χ1v) is 24.8. The van der Waals surface area contributed by atoms with Crippen LogP contribution in [0.25, 0.3) is 106 Å². The molecule has 9 aromatic carbocycles. The third-order valence-electron chi connectivity index (χ3n) is 13.8. The fraction of sp³-hybridized carbons (Fsp3) is 0.118. The zero-order valence-corrected chi connectivity index (χ0v) is 44.2. The first-order chi connectivity index (χ1) is 34.9. The average Bonchev–Trinajstić information content (AvgIpc) is 3.80. The van der Waals surface area contributed by atoms with E-state index in [4.69, 9.17) is 9.97 Å². The normalized spacial score (nSPS) is 11.6. The van der Waals surface area contributed by atoms with Crippen LogP contribution >= 0.6 is 0 Å². The van der Waals surface area contributed by atoms with Crippen molar-refractivity contribution >= 4 is 11.0 Å². The van der Waals surface area contributed by atoms with E-state index in [-0.39, 0.29) is 37.6 Å². The molecule has 0 spiro atoms. The van der Waals surface area contributed by atoms with Crippen LogP contribution in [0.15, 0.2) is 225 Å². The minimum Gasteiger partial charge on any atom is -0.507 e. The number of aromatic hydroxyl groups is 1. The van der Waals surface area contributed by atoms with Gasteiger partial charge >= 0.3 is 0 Å². The maximum absolute atomic E-state index is 11.7. The molecule has 0 amide bonds. The van der Waals surface area contributed by atoms with Crippen LogP contribution < -0.4 is 0 Å². The van der Waals surface area contributed by atoms with Crippen molar-refractivity contribution in [3.8, 4) is 101 Å². The third kappa shape index (κ3) is 9.76. The number of hydrogen-bond donors (Lipinski definition) is 1. The molecule has 360 valence electrons. The number of rotatable bonds is 9. The molecule has 73 heavy (non-hydrogen) atoms. The Labute approximate surface area is 444 Å². The van der Waals surface area contributed by atoms with Gasteiger partial charge in [0.2, 0.25) is 0 Å². The Bertz CT molecular complexity index is 3740. The van der Waals surface area contributed by atoms with Gasteiger partial charge in [-0.25, -0.2) is 4.98 Å². The molecule has 0 aliphatic heterocycles. The van der Waals surface area contributed by atoms with E-state index >= 15 is 0 Å². The number of benzene rings is 9. The number of hydrogen-bond acceptors (Lipinski definition) is 3. The van der Waals surface area contributed by atoms with Gasteiger partial charge in [0.05, 0.1) is 22.3 Å². The quantitative estimate of drug-likeness (QED) is 0.147. The van der Waals surface area contributed by atoms with Crippen LogP contribution in [0, 0.1) is 6.07 Å². The molecule has 0 saturated carbocycles. The van der Waals surface area contributed by atoms with Crippen molar-refractivity contribution in [2.24, 2.45) is 0 Å². The van der Waals surface area contributed by atoms with Crippen molar-refractivity contribution in [2.45, 2.75) is 52.4 Å². The van der Waals surface area contributed by atoms with E-state index in [1.54, 1.807) is 6.07 Å². The largest absolute Gasteiger partial charge is 0.507 e. The number of nitrogens with zero attached hydrogens (tertiary/aromatic N) is 3. The van der Waals surface area contributed by atoms with Crippen molar-refractivity contribution in [1.29, 1.82) is 0 Å². The SMILES string of the molecule is CC(C)(C)c1ccc(-c2cc(-c3cc(-c4ccc(-c5ccccc5)cc4)ccn3)[c-]c(-c3cccc4c3nc(-c3ccccc3O)n4-c3cc(-c4ccccc4)c(C(C)(C)C)cc3-c3ccccc3)c2)cc1.[Pt]. The van der Waals surface area contributed by atoms with Crippen molar-refractivity contribution in [3.05, 3.63) is 242 Å². The number of aromatic nitrogens is 3. The Morgan fingerprint density at radius 1 is 0.425 bits per heavy atom. The van der Waals surface area contributed by atoms with E-state index in [9.17, 15) is 5.11 Å². The summed E-state index contributed by atoms with van der Waals surface area (Å²) in [6.45, 7) is 13.6. The Hall–Kier alpha value is -7.91. The minimum atomic E-state index is -0.176. The topological polar surface area (TPSA) is 50.9 Å². The van der Waals surface area contributed by atoms with E-state index in [1.807, 2.05) is 30.5 Å². The fourth-order valence-corrected chi connectivity index (χ4v) is 9.93. The smallest absolute Gasteiger partial charge is 0.148 e. The number of fused-ring (bicyclic) bond motifs is 1. The molecule has 0 unspecified atom stereocenters. The number of imidazole rings is 1. The van der Waals surface area contributed by atoms with Gasteiger partial charge in [0, 0.05) is 38.5 Å². The summed E-state index contributed by atoms with van der Waals surface area (Å²) in [7, 11) is 0. The second-order valence-electron chi connectivity index (χ2n) is 20.8. The van der Waals surface area contributed by atoms with Crippen molar-refractivity contribution in [2.75, 3.05) is 0 Å². The molecule has 5 heteroatoms. The van der Waals surface area contributed by atoms with Gasteiger partial charge in [0.15, 0.2) is 0 Å². The summed E-state index contributed by atoms with van der Waals surface area (Å²) in [6.07, 6.45) is 1.90. The predicted octanol–water partition coefficient (Wildman–Crippen LogP) is 17.9. The minimum absolute atomic E-state index is 0. The van der Waals surface area contributed by atoms with E-state index in [2.05, 4.69) is 240 Å². The molecule has 11 rings (SSSR count). The van der Waals surface area contributed by atoms with Gasteiger partial charge in [-0.15, -0.1) is 23.8 Å².